The standard InChI is InChI=1S/C20H18N6OS2/c1-2-9-26-17(23-24-20(26)28)12-15-13-29-19(21-15)22-18(27)14-5-7-16(8-6-14)25-10-3-4-11-25/h2-8,10-11,13H,1,9,12H2,(H,24,28)(H,21,22,27). The Morgan fingerprint density at radius 3 is 2.76 bits per heavy atom. The van der Waals surface area contributed by atoms with Crippen LogP contribution in [0.25, 0.3) is 5.69 Å². The average Bonchev–Trinajstić information content (AvgIpc) is 3.47. The number of aromatic nitrogens is 5. The number of hydrogen-bond donors (Lipinski definition) is 2. The third-order valence-corrected chi connectivity index (χ3v) is 5.41. The molecule has 0 bridgehead atoms. The topological polar surface area (TPSA) is 80.5 Å². The summed E-state index contributed by atoms with van der Waals surface area (Å²) in [4.78, 5) is 17.0. The molecule has 1 amide bonds. The molecule has 0 fully saturated rings. The van der Waals surface area contributed by atoms with Gasteiger partial charge >= 0.3 is 0 Å². The first kappa shape index (κ1) is 19.0. The quantitative estimate of drug-likeness (QED) is 0.345. The lowest BCUT2D eigenvalue weighted by molar-refractivity contribution is 0.102. The Morgan fingerprint density at radius 2 is 2.03 bits per heavy atom. The van der Waals surface area contributed by atoms with E-state index >= 15 is 0 Å². The summed E-state index contributed by atoms with van der Waals surface area (Å²) in [5, 5.41) is 12.3. The van der Waals surface area contributed by atoms with Crippen LogP contribution in [0.5, 0.6) is 0 Å². The fourth-order valence-electron chi connectivity index (χ4n) is 2.87. The number of anilines is 1. The summed E-state index contributed by atoms with van der Waals surface area (Å²) in [6.07, 6.45) is 6.19. The van der Waals surface area contributed by atoms with Crippen LogP contribution in [0.1, 0.15) is 21.9 Å². The van der Waals surface area contributed by atoms with Gasteiger partial charge in [0.2, 0.25) is 0 Å². The van der Waals surface area contributed by atoms with E-state index in [0.29, 0.717) is 28.4 Å². The van der Waals surface area contributed by atoms with E-state index in [2.05, 4.69) is 27.1 Å². The highest BCUT2D eigenvalue weighted by molar-refractivity contribution is 7.71. The molecular weight excluding hydrogens is 404 g/mol. The summed E-state index contributed by atoms with van der Waals surface area (Å²) in [6.45, 7) is 4.32. The third-order valence-electron chi connectivity index (χ3n) is 4.29. The van der Waals surface area contributed by atoms with E-state index in [1.165, 1.54) is 11.3 Å². The Morgan fingerprint density at radius 1 is 1.28 bits per heavy atom. The van der Waals surface area contributed by atoms with Crippen LogP contribution in [0.4, 0.5) is 5.13 Å². The highest BCUT2D eigenvalue weighted by Crippen LogP contribution is 2.19. The summed E-state index contributed by atoms with van der Waals surface area (Å²) < 4.78 is 4.40. The monoisotopic (exact) mass is 422 g/mol. The Bertz CT molecular complexity index is 1180. The van der Waals surface area contributed by atoms with Crippen molar-refractivity contribution in [1.29, 1.82) is 0 Å². The average molecular weight is 423 g/mol. The Labute approximate surface area is 176 Å². The zero-order valence-corrected chi connectivity index (χ0v) is 17.0. The van der Waals surface area contributed by atoms with E-state index in [9.17, 15) is 4.79 Å². The number of amides is 1. The Balaban J connectivity index is 1.43. The maximum Gasteiger partial charge on any atom is 0.257 e. The van der Waals surface area contributed by atoms with E-state index in [1.807, 2.05) is 51.2 Å². The van der Waals surface area contributed by atoms with Crippen LogP contribution in [0.3, 0.4) is 0 Å². The number of rotatable bonds is 7. The number of allylic oxidation sites excluding steroid dienone is 1. The molecule has 0 saturated heterocycles. The van der Waals surface area contributed by atoms with Crippen LogP contribution in [-0.2, 0) is 13.0 Å². The molecule has 0 radical (unpaired) electrons. The molecule has 146 valence electrons. The van der Waals surface area contributed by atoms with Crippen molar-refractivity contribution < 1.29 is 4.79 Å². The number of thiazole rings is 1. The van der Waals surface area contributed by atoms with Gasteiger partial charge in [-0.1, -0.05) is 6.08 Å². The molecule has 3 aromatic heterocycles. The fraction of sp³-hybridized carbons (Fsp3) is 0.100. The number of benzene rings is 1. The van der Waals surface area contributed by atoms with Gasteiger partial charge in [0.25, 0.3) is 5.91 Å². The van der Waals surface area contributed by atoms with Crippen molar-refractivity contribution in [2.24, 2.45) is 0 Å². The first-order valence-corrected chi connectivity index (χ1v) is 10.2. The number of carbonyl (C=O) groups excluding carboxylic acids is 1. The number of nitrogens with one attached hydrogen (secondary N) is 2. The molecule has 0 aliphatic heterocycles. The third kappa shape index (κ3) is 4.25. The van der Waals surface area contributed by atoms with Crippen LogP contribution in [0.2, 0.25) is 0 Å². The minimum Gasteiger partial charge on any atom is -0.324 e. The largest absolute Gasteiger partial charge is 0.324 e. The fourth-order valence-corrected chi connectivity index (χ4v) is 3.80. The lowest BCUT2D eigenvalue weighted by atomic mass is 10.2. The second-order valence-electron chi connectivity index (χ2n) is 6.26. The van der Waals surface area contributed by atoms with Crippen molar-refractivity contribution in [2.45, 2.75) is 13.0 Å². The van der Waals surface area contributed by atoms with E-state index in [-0.39, 0.29) is 5.91 Å². The van der Waals surface area contributed by atoms with Gasteiger partial charge in [-0.25, -0.2) is 4.98 Å². The van der Waals surface area contributed by atoms with Gasteiger partial charge in [-0.15, -0.1) is 17.9 Å². The maximum atomic E-state index is 12.5. The van der Waals surface area contributed by atoms with Crippen molar-refractivity contribution >= 4 is 34.6 Å². The van der Waals surface area contributed by atoms with Gasteiger partial charge in [0.15, 0.2) is 9.90 Å². The second kappa shape index (κ2) is 8.38. The summed E-state index contributed by atoms with van der Waals surface area (Å²) in [5.41, 5.74) is 2.38. The van der Waals surface area contributed by atoms with Crippen LogP contribution in [-0.4, -0.2) is 30.2 Å². The van der Waals surface area contributed by atoms with Crippen molar-refractivity contribution in [3.63, 3.8) is 0 Å². The van der Waals surface area contributed by atoms with Gasteiger partial charge < -0.3 is 4.57 Å². The summed E-state index contributed by atoms with van der Waals surface area (Å²) >= 11 is 6.61. The van der Waals surface area contributed by atoms with Gasteiger partial charge in [-0.3, -0.25) is 19.8 Å². The van der Waals surface area contributed by atoms with Crippen molar-refractivity contribution in [2.75, 3.05) is 5.32 Å². The molecule has 0 saturated carbocycles. The molecule has 4 aromatic rings. The second-order valence-corrected chi connectivity index (χ2v) is 7.50. The van der Waals surface area contributed by atoms with Gasteiger partial charge in [0.05, 0.1) is 12.1 Å². The van der Waals surface area contributed by atoms with Crippen molar-refractivity contribution in [3.8, 4) is 5.69 Å². The number of H-pyrrole nitrogens is 1. The van der Waals surface area contributed by atoms with Crippen LogP contribution in [0, 0.1) is 4.77 Å². The number of nitrogens with zero attached hydrogens (tertiary/aromatic N) is 4. The summed E-state index contributed by atoms with van der Waals surface area (Å²) in [7, 11) is 0. The molecule has 29 heavy (non-hydrogen) atoms. The SMILES string of the molecule is C=CCn1c(Cc2csc(NC(=O)c3ccc(-n4cccc4)cc3)n2)n[nH]c1=S. The Hall–Kier alpha value is -3.30. The van der Waals surface area contributed by atoms with E-state index in [4.69, 9.17) is 12.2 Å². The van der Waals surface area contributed by atoms with E-state index in [1.54, 1.807) is 18.2 Å². The molecular formula is C20H18N6OS2. The predicted molar refractivity (Wildman–Crippen MR) is 116 cm³/mol. The molecule has 4 rings (SSSR count). The molecule has 0 spiro atoms. The molecule has 0 unspecified atom stereocenters. The number of hydrogen-bond acceptors (Lipinski definition) is 5. The molecule has 7 nitrogen and oxygen atoms in total. The summed E-state index contributed by atoms with van der Waals surface area (Å²) in [5.74, 6) is 0.581. The molecule has 0 atom stereocenters. The van der Waals surface area contributed by atoms with E-state index in [0.717, 1.165) is 17.2 Å². The Kier molecular flexibility index (Phi) is 5.50. The lowest BCUT2D eigenvalue weighted by Gasteiger charge is -2.05. The first-order valence-electron chi connectivity index (χ1n) is 8.88. The zero-order chi connectivity index (χ0) is 20.2. The van der Waals surface area contributed by atoms with Gasteiger partial charge in [-0.05, 0) is 48.6 Å². The van der Waals surface area contributed by atoms with Gasteiger partial charge in [-0.2, -0.15) is 5.10 Å². The zero-order valence-electron chi connectivity index (χ0n) is 15.4. The summed E-state index contributed by atoms with van der Waals surface area (Å²) in [6, 6.07) is 11.3. The molecule has 0 aliphatic carbocycles. The van der Waals surface area contributed by atoms with Crippen LogP contribution >= 0.6 is 23.6 Å². The normalized spacial score (nSPS) is 10.8. The number of carbonyl (C=O) groups is 1. The van der Waals surface area contributed by atoms with Crippen molar-refractivity contribution in [1.82, 2.24) is 24.3 Å². The van der Waals surface area contributed by atoms with E-state index < -0.39 is 0 Å². The van der Waals surface area contributed by atoms with Crippen LogP contribution < -0.4 is 5.32 Å². The minimum atomic E-state index is -0.195. The highest BCUT2D eigenvalue weighted by atomic mass is 32.1. The minimum absolute atomic E-state index is 0.195. The lowest BCUT2D eigenvalue weighted by Crippen LogP contribution is -2.12. The van der Waals surface area contributed by atoms with Crippen LogP contribution in [0.15, 0.2) is 66.8 Å². The van der Waals surface area contributed by atoms with Gasteiger partial charge in [0, 0.05) is 35.6 Å². The molecule has 3 heterocycles. The van der Waals surface area contributed by atoms with Gasteiger partial charge in [0.1, 0.15) is 5.82 Å². The molecule has 1 aromatic carbocycles. The molecule has 0 aliphatic rings. The predicted octanol–water partition coefficient (Wildman–Crippen LogP) is 4.22. The smallest absolute Gasteiger partial charge is 0.257 e. The number of aromatic amines is 1. The van der Waals surface area contributed by atoms with Crippen molar-refractivity contribution in [3.05, 3.63) is 88.7 Å². The maximum absolute atomic E-state index is 12.5. The highest BCUT2D eigenvalue weighted by Gasteiger charge is 2.12. The molecule has 2 N–H and O–H groups in total. The first-order chi connectivity index (χ1) is 14.1. The molecule has 9 heteroatoms.